The first kappa shape index (κ1) is 35.6. The standard InChI is InChI=1S/C18H36O2.C13H29N/c1-2-3-4-5-6-7-8-9-10-11-12-13-14-15-16-17-18(19)20;1-5-7-8-9-10-11-12-14(6-2)13(3)4/h2-17H2,1H3,(H,19,20);13H,5-12H2,1-4H3. The van der Waals surface area contributed by atoms with Gasteiger partial charge in [-0.05, 0) is 46.5 Å². The zero-order chi connectivity index (χ0) is 25.7. The molecule has 206 valence electrons. The van der Waals surface area contributed by atoms with Crippen LogP contribution in [0, 0.1) is 0 Å². The van der Waals surface area contributed by atoms with Crippen LogP contribution in [0.25, 0.3) is 0 Å². The van der Waals surface area contributed by atoms with Crippen LogP contribution in [-0.2, 0) is 4.79 Å². The molecule has 0 spiro atoms. The molecule has 0 radical (unpaired) electrons. The Kier molecular flexibility index (Phi) is 31.9. The summed E-state index contributed by atoms with van der Waals surface area (Å²) in [5, 5.41) is 10.2. The van der Waals surface area contributed by atoms with E-state index in [0.29, 0.717) is 0 Å². The Morgan fingerprint density at radius 2 is 0.882 bits per heavy atom. The van der Waals surface area contributed by atoms with E-state index >= 15 is 0 Å². The molecule has 0 aliphatic rings. The van der Waals surface area contributed by atoms with E-state index in [1.54, 1.807) is 4.90 Å². The minimum atomic E-state index is -0.903. The van der Waals surface area contributed by atoms with Crippen LogP contribution in [0.2, 0.25) is 0 Å². The quantitative estimate of drug-likeness (QED) is 0.135. The molecular weight excluding hydrogens is 418 g/mol. The number of carboxylic acid groups (broad SMARTS) is 1. The van der Waals surface area contributed by atoms with E-state index in [9.17, 15) is 9.90 Å². The van der Waals surface area contributed by atoms with Crippen LogP contribution in [0.15, 0.2) is 0 Å². The minimum Gasteiger partial charge on any atom is -0.550 e. The first-order valence-electron chi connectivity index (χ1n) is 15.5. The lowest BCUT2D eigenvalue weighted by atomic mass is 10.0. The third-order valence-electron chi connectivity index (χ3n) is 7.11. The van der Waals surface area contributed by atoms with Gasteiger partial charge in [0.1, 0.15) is 0 Å². The van der Waals surface area contributed by atoms with Crippen molar-refractivity contribution in [2.24, 2.45) is 0 Å². The zero-order valence-electron chi connectivity index (χ0n) is 24.4. The Morgan fingerprint density at radius 1 is 0.559 bits per heavy atom. The number of unbranched alkanes of at least 4 members (excludes halogenated alkanes) is 19. The Labute approximate surface area is 215 Å². The Morgan fingerprint density at radius 3 is 1.18 bits per heavy atom. The third kappa shape index (κ3) is 31.4. The number of rotatable bonds is 25. The highest BCUT2D eigenvalue weighted by atomic mass is 16.4. The molecule has 0 aromatic heterocycles. The molecule has 0 saturated carbocycles. The molecular formula is C31H65NO2. The van der Waals surface area contributed by atoms with Crippen molar-refractivity contribution in [1.82, 2.24) is 0 Å². The molecule has 1 unspecified atom stereocenters. The van der Waals surface area contributed by atoms with Gasteiger partial charge in [-0.2, -0.15) is 0 Å². The molecule has 3 heteroatoms. The number of carbonyl (C=O) groups excluding carboxylic acids is 1. The van der Waals surface area contributed by atoms with E-state index in [1.165, 1.54) is 135 Å². The van der Waals surface area contributed by atoms with Crippen molar-refractivity contribution < 1.29 is 14.8 Å². The number of nitrogens with one attached hydrogen (secondary N) is 1. The maximum absolute atomic E-state index is 10.2. The summed E-state index contributed by atoms with van der Waals surface area (Å²) in [7, 11) is 0. The SMILES string of the molecule is CCCCCCCCCCCCCCCCCC(=O)[O-].CCCCCCCC[NH+](CC)C(C)C. The second-order valence-corrected chi connectivity index (χ2v) is 10.8. The van der Waals surface area contributed by atoms with Crippen LogP contribution >= 0.6 is 0 Å². The second kappa shape index (κ2) is 30.5. The van der Waals surface area contributed by atoms with E-state index in [-0.39, 0.29) is 6.42 Å². The van der Waals surface area contributed by atoms with Gasteiger partial charge in [-0.1, -0.05) is 129 Å². The number of aliphatic carboxylic acids is 1. The van der Waals surface area contributed by atoms with Crippen LogP contribution in [0.3, 0.4) is 0 Å². The van der Waals surface area contributed by atoms with Gasteiger partial charge in [0.2, 0.25) is 0 Å². The van der Waals surface area contributed by atoms with E-state index in [4.69, 9.17) is 0 Å². The third-order valence-corrected chi connectivity index (χ3v) is 7.11. The summed E-state index contributed by atoms with van der Waals surface area (Å²) in [6.45, 7) is 14.2. The van der Waals surface area contributed by atoms with E-state index in [2.05, 4.69) is 34.6 Å². The van der Waals surface area contributed by atoms with E-state index < -0.39 is 5.97 Å². The fourth-order valence-electron chi connectivity index (χ4n) is 4.65. The number of quaternary nitrogens is 1. The molecule has 0 aromatic carbocycles. The molecule has 0 rings (SSSR count). The summed E-state index contributed by atoms with van der Waals surface area (Å²) in [6.07, 6.45) is 28.4. The lowest BCUT2D eigenvalue weighted by molar-refractivity contribution is -0.920. The molecule has 1 N–H and O–H groups in total. The molecule has 0 aliphatic carbocycles. The van der Waals surface area contributed by atoms with Gasteiger partial charge >= 0.3 is 0 Å². The molecule has 0 saturated heterocycles. The Bertz CT molecular complexity index is 384. The van der Waals surface area contributed by atoms with Crippen molar-refractivity contribution in [3.63, 3.8) is 0 Å². The van der Waals surface area contributed by atoms with Gasteiger partial charge in [0.25, 0.3) is 0 Å². The smallest absolute Gasteiger partial charge is 0.0817 e. The highest BCUT2D eigenvalue weighted by Gasteiger charge is 2.08. The fourth-order valence-corrected chi connectivity index (χ4v) is 4.65. The first-order valence-corrected chi connectivity index (χ1v) is 15.5. The monoisotopic (exact) mass is 484 g/mol. The van der Waals surface area contributed by atoms with Gasteiger partial charge in [-0.25, -0.2) is 0 Å². The number of carbonyl (C=O) groups is 1. The average molecular weight is 484 g/mol. The van der Waals surface area contributed by atoms with Gasteiger partial charge in [-0.3, -0.25) is 0 Å². The lowest BCUT2D eigenvalue weighted by Gasteiger charge is -2.21. The summed E-state index contributed by atoms with van der Waals surface area (Å²) >= 11 is 0. The second-order valence-electron chi connectivity index (χ2n) is 10.8. The van der Waals surface area contributed by atoms with Gasteiger partial charge < -0.3 is 14.8 Å². The van der Waals surface area contributed by atoms with E-state index in [1.807, 2.05) is 0 Å². The normalized spacial score (nSPS) is 11.9. The molecule has 0 bridgehead atoms. The van der Waals surface area contributed by atoms with Crippen LogP contribution in [-0.4, -0.2) is 25.1 Å². The van der Waals surface area contributed by atoms with Crippen LogP contribution in [0.1, 0.15) is 176 Å². The lowest BCUT2D eigenvalue weighted by Crippen LogP contribution is -3.14. The average Bonchev–Trinajstić information content (AvgIpc) is 2.81. The van der Waals surface area contributed by atoms with Gasteiger partial charge in [-0.15, -0.1) is 0 Å². The maximum Gasteiger partial charge on any atom is 0.0817 e. The highest BCUT2D eigenvalue weighted by Crippen LogP contribution is 2.13. The number of carboxylic acids is 1. The molecule has 1 atom stereocenters. The first-order chi connectivity index (χ1) is 16.5. The molecule has 0 heterocycles. The van der Waals surface area contributed by atoms with Crippen LogP contribution in [0.4, 0.5) is 0 Å². The van der Waals surface area contributed by atoms with Crippen molar-refractivity contribution in [1.29, 1.82) is 0 Å². The van der Waals surface area contributed by atoms with Crippen molar-refractivity contribution in [3.05, 3.63) is 0 Å². The summed E-state index contributed by atoms with van der Waals surface area (Å²) in [4.78, 5) is 12.0. The maximum atomic E-state index is 10.2. The number of hydrogen-bond acceptors (Lipinski definition) is 2. The van der Waals surface area contributed by atoms with Crippen molar-refractivity contribution in [3.8, 4) is 0 Å². The van der Waals surface area contributed by atoms with Gasteiger partial charge in [0.05, 0.1) is 19.1 Å². The van der Waals surface area contributed by atoms with Crippen LogP contribution in [0.5, 0.6) is 0 Å². The molecule has 0 aliphatic heterocycles. The van der Waals surface area contributed by atoms with Crippen molar-refractivity contribution in [2.45, 2.75) is 182 Å². The number of hydrogen-bond donors (Lipinski definition) is 1. The van der Waals surface area contributed by atoms with Crippen molar-refractivity contribution in [2.75, 3.05) is 13.1 Å². The summed E-state index contributed by atoms with van der Waals surface area (Å²) in [5.41, 5.74) is 0. The summed E-state index contributed by atoms with van der Waals surface area (Å²) in [5.74, 6) is -0.903. The predicted molar refractivity (Wildman–Crippen MR) is 149 cm³/mol. The van der Waals surface area contributed by atoms with Gasteiger partial charge in [0, 0.05) is 5.97 Å². The largest absolute Gasteiger partial charge is 0.550 e. The molecule has 0 amide bonds. The van der Waals surface area contributed by atoms with Crippen LogP contribution < -0.4 is 10.0 Å². The Balaban J connectivity index is 0. The summed E-state index contributed by atoms with van der Waals surface area (Å²) < 4.78 is 0. The molecule has 0 fully saturated rings. The zero-order valence-corrected chi connectivity index (χ0v) is 24.4. The minimum absolute atomic E-state index is 0.234. The topological polar surface area (TPSA) is 44.6 Å². The van der Waals surface area contributed by atoms with Gasteiger partial charge in [0.15, 0.2) is 0 Å². The molecule has 3 nitrogen and oxygen atoms in total. The predicted octanol–water partition coefficient (Wildman–Crippen LogP) is 7.66. The highest BCUT2D eigenvalue weighted by molar-refractivity contribution is 5.63. The Hall–Kier alpha value is -0.570. The summed E-state index contributed by atoms with van der Waals surface area (Å²) in [6, 6.07) is 0.802. The van der Waals surface area contributed by atoms with Crippen molar-refractivity contribution >= 4 is 5.97 Å². The molecule has 0 aromatic rings. The fraction of sp³-hybridized carbons (Fsp3) is 0.968. The molecule has 34 heavy (non-hydrogen) atoms. The van der Waals surface area contributed by atoms with E-state index in [0.717, 1.165) is 18.9 Å².